The molecule has 0 fully saturated rings. The highest BCUT2D eigenvalue weighted by molar-refractivity contribution is 5.85. The van der Waals surface area contributed by atoms with Gasteiger partial charge >= 0.3 is 12.1 Å². The maximum atomic E-state index is 11.4. The average molecular weight is 294 g/mol. The highest BCUT2D eigenvalue weighted by Crippen LogP contribution is 2.00. The Balaban J connectivity index is 2.15. The molecular weight excluding hydrogens is 276 g/mol. The van der Waals surface area contributed by atoms with Crippen LogP contribution in [0.5, 0.6) is 0 Å². The summed E-state index contributed by atoms with van der Waals surface area (Å²) < 4.78 is 9.56. The van der Waals surface area contributed by atoms with Gasteiger partial charge in [-0.3, -0.25) is 9.59 Å². The van der Waals surface area contributed by atoms with Crippen LogP contribution < -0.4 is 10.6 Å². The van der Waals surface area contributed by atoms with Crippen LogP contribution in [0.3, 0.4) is 0 Å². The zero-order chi connectivity index (χ0) is 15.5. The monoisotopic (exact) mass is 294 g/mol. The van der Waals surface area contributed by atoms with Crippen molar-refractivity contribution < 1.29 is 23.9 Å². The van der Waals surface area contributed by atoms with Gasteiger partial charge in [0.15, 0.2) is 0 Å². The number of benzene rings is 1. The Hall–Kier alpha value is -2.57. The molecule has 21 heavy (non-hydrogen) atoms. The topological polar surface area (TPSA) is 93.7 Å². The van der Waals surface area contributed by atoms with Gasteiger partial charge in [0.1, 0.15) is 19.7 Å². The molecule has 2 amide bonds. The fraction of sp³-hybridized carbons (Fsp3) is 0.357. The summed E-state index contributed by atoms with van der Waals surface area (Å²) in [5, 5.41) is 4.60. The molecule has 0 heterocycles. The molecule has 0 aliphatic rings. The summed E-state index contributed by atoms with van der Waals surface area (Å²) in [4.78, 5) is 33.7. The van der Waals surface area contributed by atoms with Crippen molar-refractivity contribution in [2.75, 3.05) is 19.7 Å². The molecule has 1 aromatic carbocycles. The normalized spacial score (nSPS) is 9.57. The number of esters is 1. The second-order valence-corrected chi connectivity index (χ2v) is 4.00. The van der Waals surface area contributed by atoms with Crippen molar-refractivity contribution >= 4 is 18.0 Å². The van der Waals surface area contributed by atoms with E-state index in [0.29, 0.717) is 0 Å². The molecule has 0 radical (unpaired) electrons. The molecule has 0 spiro atoms. The molecule has 0 atom stereocenters. The number of alkyl carbamates (subject to hydrolysis) is 1. The van der Waals surface area contributed by atoms with Crippen LogP contribution >= 0.6 is 0 Å². The van der Waals surface area contributed by atoms with E-state index in [1.165, 1.54) is 0 Å². The summed E-state index contributed by atoms with van der Waals surface area (Å²) in [6.07, 6.45) is -0.704. The Morgan fingerprint density at radius 3 is 2.38 bits per heavy atom. The summed E-state index contributed by atoms with van der Waals surface area (Å²) in [6.45, 7) is 1.54. The number of hydrogen-bond donors (Lipinski definition) is 2. The minimum Gasteiger partial charge on any atom is -0.465 e. The first-order valence-corrected chi connectivity index (χ1v) is 6.48. The van der Waals surface area contributed by atoms with E-state index >= 15 is 0 Å². The van der Waals surface area contributed by atoms with Crippen LogP contribution in [-0.2, 0) is 25.7 Å². The lowest BCUT2D eigenvalue weighted by atomic mass is 10.2. The molecule has 114 valence electrons. The zero-order valence-electron chi connectivity index (χ0n) is 11.8. The summed E-state index contributed by atoms with van der Waals surface area (Å²) in [5.74, 6) is -1.03. The third kappa shape index (κ3) is 7.56. The van der Waals surface area contributed by atoms with E-state index < -0.39 is 18.0 Å². The minimum atomic E-state index is -0.704. The lowest BCUT2D eigenvalue weighted by Crippen LogP contribution is -2.39. The van der Waals surface area contributed by atoms with E-state index in [-0.39, 0.29) is 26.3 Å². The predicted molar refractivity (Wildman–Crippen MR) is 74.3 cm³/mol. The number of carbonyl (C=O) groups is 3. The van der Waals surface area contributed by atoms with Crippen LogP contribution in [0.15, 0.2) is 30.3 Å². The Morgan fingerprint density at radius 1 is 1.00 bits per heavy atom. The lowest BCUT2D eigenvalue weighted by Gasteiger charge is -2.07. The summed E-state index contributed by atoms with van der Waals surface area (Å²) >= 11 is 0. The Labute approximate surface area is 122 Å². The van der Waals surface area contributed by atoms with E-state index in [0.717, 1.165) is 5.56 Å². The second-order valence-electron chi connectivity index (χ2n) is 4.00. The van der Waals surface area contributed by atoms with Crippen LogP contribution in [0, 0.1) is 0 Å². The van der Waals surface area contributed by atoms with Gasteiger partial charge in [-0.1, -0.05) is 30.3 Å². The largest absolute Gasteiger partial charge is 0.465 e. The first-order chi connectivity index (χ1) is 10.1. The SMILES string of the molecule is CCOC(=O)CNC(=O)CNC(=O)OCc1ccccc1. The van der Waals surface area contributed by atoms with E-state index in [9.17, 15) is 14.4 Å². The zero-order valence-corrected chi connectivity index (χ0v) is 11.8. The third-order valence-corrected chi connectivity index (χ3v) is 2.34. The van der Waals surface area contributed by atoms with Crippen LogP contribution in [0.1, 0.15) is 12.5 Å². The first kappa shape index (κ1) is 16.5. The van der Waals surface area contributed by atoms with E-state index in [4.69, 9.17) is 4.74 Å². The number of ether oxygens (including phenoxy) is 2. The minimum absolute atomic E-state index is 0.122. The molecule has 0 bridgehead atoms. The molecule has 7 nitrogen and oxygen atoms in total. The highest BCUT2D eigenvalue weighted by Gasteiger charge is 2.08. The molecule has 1 rings (SSSR count). The maximum absolute atomic E-state index is 11.4. The van der Waals surface area contributed by atoms with E-state index in [1.54, 1.807) is 6.92 Å². The van der Waals surface area contributed by atoms with Crippen molar-refractivity contribution in [1.29, 1.82) is 0 Å². The maximum Gasteiger partial charge on any atom is 0.407 e. The van der Waals surface area contributed by atoms with Crippen LogP contribution in [0.2, 0.25) is 0 Å². The average Bonchev–Trinajstić information content (AvgIpc) is 2.50. The fourth-order valence-electron chi connectivity index (χ4n) is 1.37. The molecule has 0 aliphatic carbocycles. The summed E-state index contributed by atoms with van der Waals surface area (Å²) in [7, 11) is 0. The van der Waals surface area contributed by atoms with Gasteiger partial charge in [-0.15, -0.1) is 0 Å². The van der Waals surface area contributed by atoms with Crippen molar-refractivity contribution in [2.45, 2.75) is 13.5 Å². The molecular formula is C14H18N2O5. The predicted octanol–water partition coefficient (Wildman–Crippen LogP) is 0.592. The van der Waals surface area contributed by atoms with Gasteiger partial charge < -0.3 is 20.1 Å². The Kier molecular flexibility index (Phi) is 7.34. The first-order valence-electron chi connectivity index (χ1n) is 6.48. The Bertz CT molecular complexity index is 476. The number of amides is 2. The van der Waals surface area contributed by atoms with Gasteiger partial charge in [-0.05, 0) is 12.5 Å². The fourth-order valence-corrected chi connectivity index (χ4v) is 1.37. The van der Waals surface area contributed by atoms with Crippen molar-refractivity contribution in [3.05, 3.63) is 35.9 Å². The van der Waals surface area contributed by atoms with Gasteiger partial charge in [0.2, 0.25) is 5.91 Å². The standard InChI is InChI=1S/C14H18N2O5/c1-2-20-13(18)9-15-12(17)8-16-14(19)21-10-11-6-4-3-5-7-11/h3-7H,2,8-10H2,1H3,(H,15,17)(H,16,19). The summed E-state index contributed by atoms with van der Waals surface area (Å²) in [5.41, 5.74) is 0.847. The van der Waals surface area contributed by atoms with Crippen molar-refractivity contribution in [3.63, 3.8) is 0 Å². The second kappa shape index (κ2) is 9.35. The smallest absolute Gasteiger partial charge is 0.407 e. The van der Waals surface area contributed by atoms with Crippen LogP contribution in [0.4, 0.5) is 4.79 Å². The number of carbonyl (C=O) groups excluding carboxylic acids is 3. The molecule has 7 heteroatoms. The van der Waals surface area contributed by atoms with Crippen LogP contribution in [-0.4, -0.2) is 37.7 Å². The van der Waals surface area contributed by atoms with Crippen LogP contribution in [0.25, 0.3) is 0 Å². The molecule has 0 saturated heterocycles. The van der Waals surface area contributed by atoms with Gasteiger partial charge in [-0.25, -0.2) is 4.79 Å². The number of nitrogens with one attached hydrogen (secondary N) is 2. The van der Waals surface area contributed by atoms with E-state index in [1.807, 2.05) is 30.3 Å². The molecule has 1 aromatic rings. The molecule has 0 saturated carbocycles. The van der Waals surface area contributed by atoms with Crippen molar-refractivity contribution in [2.24, 2.45) is 0 Å². The summed E-state index contributed by atoms with van der Waals surface area (Å²) in [6, 6.07) is 9.16. The molecule has 2 N–H and O–H groups in total. The number of hydrogen-bond acceptors (Lipinski definition) is 5. The van der Waals surface area contributed by atoms with Gasteiger partial charge in [0.05, 0.1) is 6.61 Å². The van der Waals surface area contributed by atoms with Gasteiger partial charge in [-0.2, -0.15) is 0 Å². The number of rotatable bonds is 7. The van der Waals surface area contributed by atoms with Gasteiger partial charge in [0.25, 0.3) is 0 Å². The Morgan fingerprint density at radius 2 is 1.71 bits per heavy atom. The molecule has 0 aromatic heterocycles. The van der Waals surface area contributed by atoms with Crippen molar-refractivity contribution in [1.82, 2.24) is 10.6 Å². The quantitative estimate of drug-likeness (QED) is 0.718. The third-order valence-electron chi connectivity index (χ3n) is 2.34. The molecule has 0 aliphatic heterocycles. The van der Waals surface area contributed by atoms with Gasteiger partial charge in [0, 0.05) is 0 Å². The van der Waals surface area contributed by atoms with E-state index in [2.05, 4.69) is 15.4 Å². The molecule has 0 unspecified atom stereocenters. The van der Waals surface area contributed by atoms with Crippen molar-refractivity contribution in [3.8, 4) is 0 Å². The highest BCUT2D eigenvalue weighted by atomic mass is 16.5. The lowest BCUT2D eigenvalue weighted by molar-refractivity contribution is -0.143.